The number of hydrogen-bond acceptors (Lipinski definition) is 5. The molecule has 29 heavy (non-hydrogen) atoms. The van der Waals surface area contributed by atoms with E-state index in [4.69, 9.17) is 15.2 Å². The summed E-state index contributed by atoms with van der Waals surface area (Å²) in [5, 5.41) is 4.10. The van der Waals surface area contributed by atoms with Gasteiger partial charge in [0.15, 0.2) is 5.76 Å². The molecule has 3 aromatic rings. The van der Waals surface area contributed by atoms with Crippen LogP contribution < -0.4 is 5.73 Å². The summed E-state index contributed by atoms with van der Waals surface area (Å²) in [4.78, 5) is 25.9. The van der Waals surface area contributed by atoms with Crippen LogP contribution in [0.4, 0.5) is 0 Å². The van der Waals surface area contributed by atoms with Gasteiger partial charge in [0.2, 0.25) is 5.91 Å². The number of fused-ring (bicyclic) bond motifs is 3. The lowest BCUT2D eigenvalue weighted by Crippen LogP contribution is -2.15. The van der Waals surface area contributed by atoms with Gasteiger partial charge in [-0.3, -0.25) is 9.79 Å². The highest BCUT2D eigenvalue weighted by Crippen LogP contribution is 2.40. The fraction of sp³-hybridized carbons (Fsp3) is 0.217. The van der Waals surface area contributed by atoms with Crippen molar-refractivity contribution in [3.8, 4) is 11.1 Å². The standard InChI is InChI=1S/C20H17N3O2.C3H6O/c1-12-18-14-9-5-6-10-15(14)19(13-7-3-2-4-8-13)22-16(11-17(21)24)20(18)25-23-12;1-3(2)4/h2-10,16H,11H2,1H3,(H2,21,24);1-2H3/t16-;/m0./s1. The second-order valence-corrected chi connectivity index (χ2v) is 6.99. The zero-order valence-corrected chi connectivity index (χ0v) is 16.7. The molecule has 4 rings (SSSR count). The Bertz CT molecular complexity index is 1060. The Hall–Kier alpha value is -3.54. The number of nitrogens with zero attached hydrogens (tertiary/aromatic N) is 2. The molecule has 1 aromatic heterocycles. The second kappa shape index (κ2) is 8.65. The molecule has 6 heteroatoms. The van der Waals surface area contributed by atoms with Crippen molar-refractivity contribution in [2.24, 2.45) is 10.7 Å². The Balaban J connectivity index is 0.000000552. The molecule has 2 N–H and O–H groups in total. The van der Waals surface area contributed by atoms with E-state index in [-0.39, 0.29) is 12.2 Å². The predicted molar refractivity (Wildman–Crippen MR) is 112 cm³/mol. The number of aromatic nitrogens is 1. The maximum absolute atomic E-state index is 11.6. The first-order chi connectivity index (χ1) is 13.9. The number of carbonyl (C=O) groups is 2. The average Bonchev–Trinajstić information content (AvgIpc) is 3.00. The monoisotopic (exact) mass is 389 g/mol. The number of ketones is 1. The summed E-state index contributed by atoms with van der Waals surface area (Å²) in [6.45, 7) is 4.95. The Morgan fingerprint density at radius 1 is 1.00 bits per heavy atom. The zero-order valence-electron chi connectivity index (χ0n) is 16.7. The zero-order chi connectivity index (χ0) is 21.0. The summed E-state index contributed by atoms with van der Waals surface area (Å²) in [6, 6.07) is 17.5. The minimum absolute atomic E-state index is 0.0754. The second-order valence-electron chi connectivity index (χ2n) is 6.99. The molecule has 0 bridgehead atoms. The first-order valence-electron chi connectivity index (χ1n) is 9.33. The summed E-state index contributed by atoms with van der Waals surface area (Å²) in [5.74, 6) is 0.335. The molecule has 0 aliphatic carbocycles. The van der Waals surface area contributed by atoms with E-state index in [2.05, 4.69) is 5.16 Å². The molecule has 0 saturated carbocycles. The van der Waals surface area contributed by atoms with Crippen LogP contribution in [0.5, 0.6) is 0 Å². The van der Waals surface area contributed by atoms with E-state index in [1.807, 2.05) is 61.5 Å². The molecule has 6 nitrogen and oxygen atoms in total. The van der Waals surface area contributed by atoms with Crippen molar-refractivity contribution in [1.82, 2.24) is 5.16 Å². The van der Waals surface area contributed by atoms with Gasteiger partial charge in [0.1, 0.15) is 11.8 Å². The number of hydrogen-bond donors (Lipinski definition) is 1. The Labute approximate surface area is 169 Å². The Morgan fingerprint density at radius 2 is 1.59 bits per heavy atom. The molecule has 148 valence electrons. The average molecular weight is 389 g/mol. The number of benzene rings is 2. The SMILES string of the molecule is CC(C)=O.Cc1noc2c1-c1ccccc1C(c1ccccc1)=N[C@H]2CC(N)=O. The van der Waals surface area contributed by atoms with Crippen LogP contribution in [0.1, 0.15) is 48.9 Å². The van der Waals surface area contributed by atoms with E-state index in [1.165, 1.54) is 13.8 Å². The van der Waals surface area contributed by atoms with Crippen molar-refractivity contribution in [3.05, 3.63) is 77.2 Å². The van der Waals surface area contributed by atoms with Gasteiger partial charge < -0.3 is 15.1 Å². The van der Waals surface area contributed by atoms with Gasteiger partial charge in [-0.25, -0.2) is 0 Å². The lowest BCUT2D eigenvalue weighted by molar-refractivity contribution is -0.118. The Kier molecular flexibility index (Phi) is 6.02. The van der Waals surface area contributed by atoms with Crippen LogP contribution in [0.25, 0.3) is 11.1 Å². The van der Waals surface area contributed by atoms with Crippen molar-refractivity contribution in [2.45, 2.75) is 33.2 Å². The number of rotatable bonds is 3. The quantitative estimate of drug-likeness (QED) is 0.731. The lowest BCUT2D eigenvalue weighted by atomic mass is 9.93. The number of amides is 1. The fourth-order valence-electron chi connectivity index (χ4n) is 3.29. The van der Waals surface area contributed by atoms with Gasteiger partial charge in [-0.15, -0.1) is 0 Å². The number of aryl methyl sites for hydroxylation is 1. The normalized spacial score (nSPS) is 14.4. The predicted octanol–water partition coefficient (Wildman–Crippen LogP) is 4.01. The highest BCUT2D eigenvalue weighted by Gasteiger charge is 2.30. The molecule has 2 aromatic carbocycles. The molecule has 0 saturated heterocycles. The largest absolute Gasteiger partial charge is 0.370 e. The smallest absolute Gasteiger partial charge is 0.220 e. The van der Waals surface area contributed by atoms with Crippen LogP contribution in [-0.4, -0.2) is 22.6 Å². The van der Waals surface area contributed by atoms with Crippen LogP contribution in [0.15, 0.2) is 64.1 Å². The molecular weight excluding hydrogens is 366 g/mol. The van der Waals surface area contributed by atoms with E-state index in [9.17, 15) is 9.59 Å². The number of primary amides is 1. The molecule has 1 atom stereocenters. The van der Waals surface area contributed by atoms with Crippen molar-refractivity contribution >= 4 is 17.4 Å². The van der Waals surface area contributed by atoms with E-state index >= 15 is 0 Å². The summed E-state index contributed by atoms with van der Waals surface area (Å²) in [7, 11) is 0. The van der Waals surface area contributed by atoms with E-state index in [0.717, 1.165) is 33.7 Å². The van der Waals surface area contributed by atoms with Crippen LogP contribution in [0, 0.1) is 6.92 Å². The molecule has 0 radical (unpaired) electrons. The molecule has 1 aliphatic heterocycles. The van der Waals surface area contributed by atoms with Crippen LogP contribution in [0.3, 0.4) is 0 Å². The van der Waals surface area contributed by atoms with Gasteiger partial charge in [-0.2, -0.15) is 0 Å². The first-order valence-corrected chi connectivity index (χ1v) is 9.33. The molecule has 0 fully saturated rings. The van der Waals surface area contributed by atoms with Crippen LogP contribution in [0.2, 0.25) is 0 Å². The number of nitrogens with two attached hydrogens (primary N) is 1. The summed E-state index contributed by atoms with van der Waals surface area (Å²) in [6.07, 6.45) is 0.0754. The van der Waals surface area contributed by atoms with Gasteiger partial charge in [-0.1, -0.05) is 59.8 Å². The maximum atomic E-state index is 11.6. The van der Waals surface area contributed by atoms with Crippen LogP contribution in [-0.2, 0) is 9.59 Å². The van der Waals surface area contributed by atoms with E-state index in [0.29, 0.717) is 5.76 Å². The third kappa shape index (κ3) is 4.48. The third-order valence-electron chi connectivity index (χ3n) is 4.37. The van der Waals surface area contributed by atoms with Gasteiger partial charge in [0.05, 0.1) is 23.4 Å². The molecule has 1 aliphatic rings. The van der Waals surface area contributed by atoms with Gasteiger partial charge >= 0.3 is 0 Å². The highest BCUT2D eigenvalue weighted by molar-refractivity contribution is 6.17. The lowest BCUT2D eigenvalue weighted by Gasteiger charge is -2.11. The van der Waals surface area contributed by atoms with Crippen molar-refractivity contribution in [2.75, 3.05) is 0 Å². The van der Waals surface area contributed by atoms with Crippen LogP contribution >= 0.6 is 0 Å². The van der Waals surface area contributed by atoms with Crippen molar-refractivity contribution < 1.29 is 14.1 Å². The van der Waals surface area contributed by atoms with Crippen molar-refractivity contribution in [1.29, 1.82) is 0 Å². The summed E-state index contributed by atoms with van der Waals surface area (Å²) < 4.78 is 5.56. The van der Waals surface area contributed by atoms with E-state index in [1.54, 1.807) is 0 Å². The minimum Gasteiger partial charge on any atom is -0.370 e. The molecule has 1 amide bonds. The van der Waals surface area contributed by atoms with Crippen molar-refractivity contribution in [3.63, 3.8) is 0 Å². The van der Waals surface area contributed by atoms with Gasteiger partial charge in [-0.05, 0) is 26.3 Å². The topological polar surface area (TPSA) is 98.6 Å². The van der Waals surface area contributed by atoms with Gasteiger partial charge in [0, 0.05) is 11.1 Å². The molecule has 0 spiro atoms. The summed E-state index contributed by atoms with van der Waals surface area (Å²) in [5.41, 5.74) is 10.9. The first kappa shape index (κ1) is 20.2. The molecular formula is C23H23N3O3. The highest BCUT2D eigenvalue weighted by atomic mass is 16.5. The minimum atomic E-state index is -0.490. The molecule has 2 heterocycles. The van der Waals surface area contributed by atoms with E-state index < -0.39 is 11.9 Å². The number of carbonyl (C=O) groups excluding carboxylic acids is 2. The molecule has 0 unspecified atom stereocenters. The summed E-state index contributed by atoms with van der Waals surface area (Å²) >= 11 is 0. The number of aliphatic imine (C=N–C) groups is 1. The number of Topliss-reactive ketones (excluding diaryl/α,β-unsaturated/α-hetero) is 1. The van der Waals surface area contributed by atoms with Gasteiger partial charge in [0.25, 0.3) is 0 Å². The Morgan fingerprint density at radius 3 is 2.21 bits per heavy atom. The fourth-order valence-corrected chi connectivity index (χ4v) is 3.29. The maximum Gasteiger partial charge on any atom is 0.220 e. The third-order valence-corrected chi connectivity index (χ3v) is 4.37.